The molecule has 5 nitrogen and oxygen atoms in total. The van der Waals surface area contributed by atoms with Crippen LogP contribution >= 0.6 is 27.3 Å². The van der Waals surface area contributed by atoms with Crippen LogP contribution in [0.25, 0.3) is 10.4 Å². The van der Waals surface area contributed by atoms with Crippen LogP contribution in [0.1, 0.15) is 21.5 Å². The smallest absolute Gasteiger partial charge is 0.269 e. The third-order valence-electron chi connectivity index (χ3n) is 4.81. The Bertz CT molecular complexity index is 1060. The van der Waals surface area contributed by atoms with Crippen LogP contribution in [0.5, 0.6) is 0 Å². The summed E-state index contributed by atoms with van der Waals surface area (Å²) in [5.74, 6) is -0.149. The molecule has 7 heteroatoms. The number of nitrogens with zero attached hydrogens (tertiary/aromatic N) is 2. The average Bonchev–Trinajstić information content (AvgIpc) is 2.87. The molecule has 3 aromatic rings. The summed E-state index contributed by atoms with van der Waals surface area (Å²) in [6, 6.07) is 13.7. The zero-order valence-electron chi connectivity index (χ0n) is 14.4. The standard InChI is InChI=1S/C20H15BrN2O3S/c1-12-15-10-11-22(20(24)13-6-8-14(9-7-13)23(25)26)17-5-3-2-4-16(17)18(15)27-19(12)21/h2-9H,10-11H2,1H3. The van der Waals surface area contributed by atoms with Crippen LogP contribution < -0.4 is 4.90 Å². The first-order chi connectivity index (χ1) is 13.0. The Morgan fingerprint density at radius 3 is 2.59 bits per heavy atom. The molecule has 1 aliphatic rings. The zero-order valence-corrected chi connectivity index (χ0v) is 16.8. The summed E-state index contributed by atoms with van der Waals surface area (Å²) in [6.07, 6.45) is 0.761. The largest absolute Gasteiger partial charge is 0.307 e. The molecule has 1 aromatic heterocycles. The van der Waals surface area contributed by atoms with Crippen molar-refractivity contribution in [3.63, 3.8) is 0 Å². The van der Waals surface area contributed by atoms with Crippen LogP contribution in [0.3, 0.4) is 0 Å². The predicted molar refractivity (Wildman–Crippen MR) is 111 cm³/mol. The van der Waals surface area contributed by atoms with Gasteiger partial charge in [-0.05, 0) is 58.6 Å². The summed E-state index contributed by atoms with van der Waals surface area (Å²) in [5.41, 5.74) is 4.81. The highest BCUT2D eigenvalue weighted by Crippen LogP contribution is 2.45. The van der Waals surface area contributed by atoms with Gasteiger partial charge in [-0.25, -0.2) is 0 Å². The molecule has 0 atom stereocenters. The molecule has 1 amide bonds. The number of carbonyl (C=O) groups is 1. The molecule has 2 aromatic carbocycles. The Labute approximate surface area is 168 Å². The third-order valence-corrected chi connectivity index (χ3v) is 7.04. The number of para-hydroxylation sites is 1. The van der Waals surface area contributed by atoms with E-state index in [1.807, 2.05) is 24.3 Å². The number of halogens is 1. The van der Waals surface area contributed by atoms with Crippen molar-refractivity contribution in [3.05, 3.63) is 79.1 Å². The molecule has 0 fully saturated rings. The van der Waals surface area contributed by atoms with Crippen LogP contribution in [0.15, 0.2) is 52.3 Å². The molecule has 1 aliphatic heterocycles. The lowest BCUT2D eigenvalue weighted by Crippen LogP contribution is -2.32. The molecule has 0 saturated carbocycles. The van der Waals surface area contributed by atoms with E-state index < -0.39 is 4.92 Å². The van der Waals surface area contributed by atoms with Gasteiger partial charge in [-0.15, -0.1) is 11.3 Å². The molecular formula is C20H15BrN2O3S. The molecule has 0 saturated heterocycles. The highest BCUT2D eigenvalue weighted by Gasteiger charge is 2.27. The van der Waals surface area contributed by atoms with E-state index in [-0.39, 0.29) is 11.6 Å². The molecule has 0 aliphatic carbocycles. The second-order valence-corrected chi connectivity index (χ2v) is 8.67. The molecule has 0 bridgehead atoms. The van der Waals surface area contributed by atoms with Crippen molar-refractivity contribution in [2.24, 2.45) is 0 Å². The number of nitro benzene ring substituents is 1. The Morgan fingerprint density at radius 1 is 1.19 bits per heavy atom. The number of anilines is 1. The second kappa shape index (κ2) is 6.90. The maximum Gasteiger partial charge on any atom is 0.269 e. The maximum absolute atomic E-state index is 13.2. The van der Waals surface area contributed by atoms with E-state index in [0.717, 1.165) is 21.5 Å². The summed E-state index contributed by atoms with van der Waals surface area (Å²) in [4.78, 5) is 26.5. The number of amides is 1. The van der Waals surface area contributed by atoms with Crippen molar-refractivity contribution in [1.82, 2.24) is 0 Å². The molecule has 4 rings (SSSR count). The molecule has 0 N–H and O–H groups in total. The van der Waals surface area contributed by atoms with E-state index in [2.05, 4.69) is 22.9 Å². The normalized spacial score (nSPS) is 12.9. The Hall–Kier alpha value is -2.51. The van der Waals surface area contributed by atoms with E-state index in [9.17, 15) is 14.9 Å². The Morgan fingerprint density at radius 2 is 1.89 bits per heavy atom. The van der Waals surface area contributed by atoms with E-state index in [0.29, 0.717) is 12.1 Å². The maximum atomic E-state index is 13.2. The van der Waals surface area contributed by atoms with Gasteiger partial charge >= 0.3 is 0 Å². The van der Waals surface area contributed by atoms with Gasteiger partial charge in [0.1, 0.15) is 0 Å². The molecule has 27 heavy (non-hydrogen) atoms. The quantitative estimate of drug-likeness (QED) is 0.383. The molecule has 2 heterocycles. The summed E-state index contributed by atoms with van der Waals surface area (Å²) < 4.78 is 1.12. The van der Waals surface area contributed by atoms with Gasteiger partial charge in [0.05, 0.1) is 14.4 Å². The van der Waals surface area contributed by atoms with Crippen molar-refractivity contribution < 1.29 is 9.72 Å². The number of hydrogen-bond donors (Lipinski definition) is 0. The van der Waals surface area contributed by atoms with E-state index in [1.165, 1.54) is 40.3 Å². The third kappa shape index (κ3) is 3.07. The van der Waals surface area contributed by atoms with Crippen LogP contribution in [0.4, 0.5) is 11.4 Å². The zero-order chi connectivity index (χ0) is 19.1. The van der Waals surface area contributed by atoms with Crippen molar-refractivity contribution in [2.75, 3.05) is 11.4 Å². The monoisotopic (exact) mass is 442 g/mol. The number of nitro groups is 1. The minimum absolute atomic E-state index is 0.0227. The summed E-state index contributed by atoms with van der Waals surface area (Å²) >= 11 is 5.33. The van der Waals surface area contributed by atoms with Crippen molar-refractivity contribution in [1.29, 1.82) is 0 Å². The number of rotatable bonds is 2. The first kappa shape index (κ1) is 17.9. The highest BCUT2D eigenvalue weighted by molar-refractivity contribution is 9.11. The van der Waals surface area contributed by atoms with E-state index >= 15 is 0 Å². The topological polar surface area (TPSA) is 63.5 Å². The Balaban J connectivity index is 1.77. The van der Waals surface area contributed by atoms with Crippen LogP contribution in [0.2, 0.25) is 0 Å². The summed E-state index contributed by atoms with van der Waals surface area (Å²) in [5, 5.41) is 10.9. The van der Waals surface area contributed by atoms with Gasteiger partial charge in [-0.1, -0.05) is 18.2 Å². The van der Waals surface area contributed by atoms with Crippen molar-refractivity contribution >= 4 is 44.5 Å². The van der Waals surface area contributed by atoms with Gasteiger partial charge in [0, 0.05) is 34.7 Å². The number of fused-ring (bicyclic) bond motifs is 3. The minimum Gasteiger partial charge on any atom is -0.307 e. The van der Waals surface area contributed by atoms with Gasteiger partial charge in [0.2, 0.25) is 0 Å². The number of non-ortho nitro benzene ring substituents is 1. The number of carbonyl (C=O) groups excluding carboxylic acids is 1. The first-order valence-electron chi connectivity index (χ1n) is 8.41. The lowest BCUT2D eigenvalue weighted by Gasteiger charge is -2.23. The fourth-order valence-corrected chi connectivity index (χ4v) is 5.21. The lowest BCUT2D eigenvalue weighted by molar-refractivity contribution is -0.384. The molecule has 0 unspecified atom stereocenters. The van der Waals surface area contributed by atoms with Gasteiger partial charge in [-0.3, -0.25) is 14.9 Å². The van der Waals surface area contributed by atoms with Crippen LogP contribution in [-0.2, 0) is 6.42 Å². The minimum atomic E-state index is -0.464. The van der Waals surface area contributed by atoms with Gasteiger partial charge in [-0.2, -0.15) is 0 Å². The SMILES string of the molecule is Cc1c(Br)sc2c1CCN(C(=O)c1ccc([N+](=O)[O-])cc1)c1ccccc1-2. The van der Waals surface area contributed by atoms with Crippen molar-refractivity contribution in [2.45, 2.75) is 13.3 Å². The van der Waals surface area contributed by atoms with Crippen molar-refractivity contribution in [3.8, 4) is 10.4 Å². The predicted octanol–water partition coefficient (Wildman–Crippen LogP) is 5.60. The number of thiophene rings is 1. The fraction of sp³-hybridized carbons (Fsp3) is 0.150. The average molecular weight is 443 g/mol. The first-order valence-corrected chi connectivity index (χ1v) is 10.0. The Kier molecular flexibility index (Phi) is 4.57. The summed E-state index contributed by atoms with van der Waals surface area (Å²) in [6.45, 7) is 2.65. The highest BCUT2D eigenvalue weighted by atomic mass is 79.9. The fourth-order valence-electron chi connectivity index (χ4n) is 3.37. The molecular weight excluding hydrogens is 428 g/mol. The van der Waals surface area contributed by atoms with E-state index in [4.69, 9.17) is 0 Å². The molecule has 0 spiro atoms. The summed E-state index contributed by atoms with van der Waals surface area (Å²) in [7, 11) is 0. The van der Waals surface area contributed by atoms with Gasteiger partial charge in [0.15, 0.2) is 0 Å². The molecule has 136 valence electrons. The lowest BCUT2D eigenvalue weighted by atomic mass is 10.0. The van der Waals surface area contributed by atoms with Gasteiger partial charge < -0.3 is 4.90 Å². The van der Waals surface area contributed by atoms with Crippen LogP contribution in [0, 0.1) is 17.0 Å². The number of hydrogen-bond acceptors (Lipinski definition) is 4. The van der Waals surface area contributed by atoms with E-state index in [1.54, 1.807) is 16.2 Å². The number of benzene rings is 2. The van der Waals surface area contributed by atoms with Crippen LogP contribution in [-0.4, -0.2) is 17.4 Å². The molecule has 0 radical (unpaired) electrons. The second-order valence-electron chi connectivity index (χ2n) is 6.34. The van der Waals surface area contributed by atoms with Gasteiger partial charge in [0.25, 0.3) is 11.6 Å².